The summed E-state index contributed by atoms with van der Waals surface area (Å²) in [5.41, 5.74) is 3.86. The maximum Gasteiger partial charge on any atom is 0.252 e. The Labute approximate surface area is 213 Å². The number of carbonyl (C=O) groups is 1. The molecule has 35 heavy (non-hydrogen) atoms. The van der Waals surface area contributed by atoms with Gasteiger partial charge < -0.3 is 0 Å². The number of amides is 1. The number of thiophene rings is 1. The molecule has 4 heterocycles. The monoisotopic (exact) mass is 526 g/mol. The minimum Gasteiger partial charge on any atom is -0.282 e. The van der Waals surface area contributed by atoms with Gasteiger partial charge in [-0.15, -0.1) is 11.3 Å². The number of thiazole rings is 1. The average molecular weight is 527 g/mol. The summed E-state index contributed by atoms with van der Waals surface area (Å²) in [5, 5.41) is 2.37. The maximum absolute atomic E-state index is 13.9. The van der Waals surface area contributed by atoms with Gasteiger partial charge in [-0.25, -0.2) is 13.4 Å². The third kappa shape index (κ3) is 4.88. The summed E-state index contributed by atoms with van der Waals surface area (Å²) in [6.45, 7) is 4.95. The van der Waals surface area contributed by atoms with Crippen LogP contribution < -0.4 is 4.90 Å². The van der Waals surface area contributed by atoms with E-state index in [2.05, 4.69) is 17.1 Å². The molecule has 1 unspecified atom stereocenters. The molecule has 10 heteroatoms. The first kappa shape index (κ1) is 24.1. The van der Waals surface area contributed by atoms with Crippen LogP contribution in [0.5, 0.6) is 0 Å². The van der Waals surface area contributed by atoms with Crippen molar-refractivity contribution in [1.29, 1.82) is 0 Å². The Balaban J connectivity index is 1.48. The van der Waals surface area contributed by atoms with Crippen LogP contribution in [0.3, 0.4) is 0 Å². The van der Waals surface area contributed by atoms with Gasteiger partial charge >= 0.3 is 0 Å². The molecule has 1 amide bonds. The number of carbonyl (C=O) groups excluding carboxylic acids is 1. The van der Waals surface area contributed by atoms with Gasteiger partial charge in [0.05, 0.1) is 28.4 Å². The molecule has 5 rings (SSSR count). The molecular formula is C25H26N4O3S3. The molecule has 0 saturated carbocycles. The molecule has 0 N–H and O–H groups in total. The first-order valence-electron chi connectivity index (χ1n) is 11.5. The van der Waals surface area contributed by atoms with E-state index < -0.39 is 15.9 Å². The molecule has 1 atom stereocenters. The van der Waals surface area contributed by atoms with Gasteiger partial charge in [0.1, 0.15) is 4.21 Å². The van der Waals surface area contributed by atoms with Gasteiger partial charge in [0.2, 0.25) is 5.91 Å². The SMILES string of the molecule is Cc1cc(C)c2nc(N(Cc3ccccn3)C(=O)C3CCCN(S(=O)(=O)c4cccs4)C3)sc2c1. The van der Waals surface area contributed by atoms with Crippen LogP contribution in [0.2, 0.25) is 0 Å². The van der Waals surface area contributed by atoms with Crippen molar-refractivity contribution in [2.45, 2.75) is 37.4 Å². The Morgan fingerprint density at radius 2 is 2.06 bits per heavy atom. The Kier molecular flexibility index (Phi) is 6.71. The predicted molar refractivity (Wildman–Crippen MR) is 140 cm³/mol. The standard InChI is InChI=1S/C25H26N4O3S3/c1-17-13-18(2)23-21(14-17)34-25(27-23)29(16-20-8-3-4-10-26-20)24(30)19-7-5-11-28(15-19)35(31,32)22-9-6-12-33-22/h3-4,6,8-10,12-14,19H,5,7,11,15-16H2,1-2H3. The number of piperidine rings is 1. The summed E-state index contributed by atoms with van der Waals surface area (Å²) < 4.78 is 29.0. The van der Waals surface area contributed by atoms with Crippen LogP contribution in [0.1, 0.15) is 29.7 Å². The topological polar surface area (TPSA) is 83.5 Å². The highest BCUT2D eigenvalue weighted by Crippen LogP contribution is 2.34. The molecule has 7 nitrogen and oxygen atoms in total. The van der Waals surface area contributed by atoms with Crippen LogP contribution in [0.15, 0.2) is 58.3 Å². The largest absolute Gasteiger partial charge is 0.282 e. The number of pyridine rings is 1. The molecule has 1 aliphatic rings. The molecule has 1 aliphatic heterocycles. The number of anilines is 1. The first-order chi connectivity index (χ1) is 16.8. The zero-order valence-electron chi connectivity index (χ0n) is 19.5. The fourth-order valence-corrected chi connectivity index (χ4v) is 8.30. The van der Waals surface area contributed by atoms with E-state index >= 15 is 0 Å². The van der Waals surface area contributed by atoms with Crippen LogP contribution in [0.4, 0.5) is 5.13 Å². The smallest absolute Gasteiger partial charge is 0.252 e. The fourth-order valence-electron chi connectivity index (χ4n) is 4.49. The van der Waals surface area contributed by atoms with Crippen molar-refractivity contribution in [2.24, 2.45) is 5.92 Å². The van der Waals surface area contributed by atoms with E-state index in [1.807, 2.05) is 32.0 Å². The highest BCUT2D eigenvalue weighted by Gasteiger charge is 2.36. The van der Waals surface area contributed by atoms with Gasteiger partial charge in [0.25, 0.3) is 10.0 Å². The van der Waals surface area contributed by atoms with Crippen molar-refractivity contribution in [2.75, 3.05) is 18.0 Å². The Morgan fingerprint density at radius 3 is 2.80 bits per heavy atom. The molecule has 3 aromatic heterocycles. The summed E-state index contributed by atoms with van der Waals surface area (Å²) in [5.74, 6) is -0.563. The van der Waals surface area contributed by atoms with Crippen molar-refractivity contribution in [3.8, 4) is 0 Å². The van der Waals surface area contributed by atoms with Crippen LogP contribution in [-0.2, 0) is 21.4 Å². The first-order valence-corrected chi connectivity index (χ1v) is 14.6. The van der Waals surface area contributed by atoms with E-state index in [-0.39, 0.29) is 19.0 Å². The highest BCUT2D eigenvalue weighted by molar-refractivity contribution is 7.91. The van der Waals surface area contributed by atoms with Crippen molar-refractivity contribution < 1.29 is 13.2 Å². The fraction of sp³-hybridized carbons (Fsp3) is 0.320. The quantitative estimate of drug-likeness (QED) is 0.353. The summed E-state index contributed by atoms with van der Waals surface area (Å²) >= 11 is 2.69. The number of sulfonamides is 1. The summed E-state index contributed by atoms with van der Waals surface area (Å²) in [4.78, 5) is 24.9. The molecule has 0 spiro atoms. The number of fused-ring (bicyclic) bond motifs is 1. The lowest BCUT2D eigenvalue weighted by molar-refractivity contribution is -0.123. The van der Waals surface area contributed by atoms with E-state index in [4.69, 9.17) is 4.98 Å². The second-order valence-corrected chi connectivity index (χ2v) is 12.9. The summed E-state index contributed by atoms with van der Waals surface area (Å²) in [7, 11) is -3.61. The third-order valence-electron chi connectivity index (χ3n) is 6.18. The Morgan fingerprint density at radius 1 is 1.20 bits per heavy atom. The Bertz CT molecular complexity index is 1450. The third-order valence-corrected chi connectivity index (χ3v) is 10.4. The minimum absolute atomic E-state index is 0.116. The van der Waals surface area contributed by atoms with E-state index in [1.165, 1.54) is 27.0 Å². The number of rotatable bonds is 6. The molecule has 0 radical (unpaired) electrons. The van der Waals surface area contributed by atoms with Crippen molar-refractivity contribution in [1.82, 2.24) is 14.3 Å². The van der Waals surface area contributed by atoms with Gasteiger partial charge in [-0.1, -0.05) is 29.5 Å². The molecule has 182 valence electrons. The number of aromatic nitrogens is 2. The van der Waals surface area contributed by atoms with Crippen molar-refractivity contribution in [3.05, 3.63) is 70.9 Å². The molecule has 1 aromatic carbocycles. The second kappa shape index (κ2) is 9.77. The molecule has 0 aliphatic carbocycles. The lowest BCUT2D eigenvalue weighted by Crippen LogP contribution is -2.46. The van der Waals surface area contributed by atoms with Gasteiger partial charge in [0, 0.05) is 19.3 Å². The number of aryl methyl sites for hydroxylation is 2. The zero-order valence-corrected chi connectivity index (χ0v) is 22.0. The van der Waals surface area contributed by atoms with Gasteiger partial charge in [-0.05, 0) is 67.5 Å². The normalized spacial score (nSPS) is 17.0. The van der Waals surface area contributed by atoms with Gasteiger partial charge in [0.15, 0.2) is 5.13 Å². The summed E-state index contributed by atoms with van der Waals surface area (Å²) in [6, 6.07) is 13.1. The summed E-state index contributed by atoms with van der Waals surface area (Å²) in [6.07, 6.45) is 2.98. The molecule has 0 bridgehead atoms. The second-order valence-electron chi connectivity index (χ2n) is 8.80. The van der Waals surface area contributed by atoms with Gasteiger partial charge in [-0.2, -0.15) is 4.31 Å². The molecular weight excluding hydrogens is 501 g/mol. The number of nitrogens with zero attached hydrogens (tertiary/aromatic N) is 4. The zero-order chi connectivity index (χ0) is 24.6. The number of benzene rings is 1. The van der Waals surface area contributed by atoms with Crippen LogP contribution in [0, 0.1) is 19.8 Å². The van der Waals surface area contributed by atoms with Crippen LogP contribution in [0.25, 0.3) is 10.2 Å². The lowest BCUT2D eigenvalue weighted by Gasteiger charge is -2.33. The van der Waals surface area contributed by atoms with E-state index in [0.717, 1.165) is 27.0 Å². The molecule has 1 fully saturated rings. The Hall–Kier alpha value is -2.66. The van der Waals surface area contributed by atoms with E-state index in [1.54, 1.807) is 28.6 Å². The van der Waals surface area contributed by atoms with Crippen molar-refractivity contribution in [3.63, 3.8) is 0 Å². The molecule has 1 saturated heterocycles. The maximum atomic E-state index is 13.9. The average Bonchev–Trinajstić information content (AvgIpc) is 3.54. The minimum atomic E-state index is -3.61. The van der Waals surface area contributed by atoms with Crippen LogP contribution in [-0.4, -0.2) is 41.7 Å². The van der Waals surface area contributed by atoms with E-state index in [0.29, 0.717) is 28.7 Å². The number of hydrogen-bond donors (Lipinski definition) is 0. The molecule has 4 aromatic rings. The van der Waals surface area contributed by atoms with Crippen molar-refractivity contribution >= 4 is 54.0 Å². The van der Waals surface area contributed by atoms with Gasteiger partial charge in [-0.3, -0.25) is 14.7 Å². The predicted octanol–water partition coefficient (Wildman–Crippen LogP) is 5.00. The van der Waals surface area contributed by atoms with Crippen LogP contribution >= 0.6 is 22.7 Å². The number of hydrogen-bond acceptors (Lipinski definition) is 7. The van der Waals surface area contributed by atoms with E-state index in [9.17, 15) is 13.2 Å². The highest BCUT2D eigenvalue weighted by atomic mass is 32.2. The lowest BCUT2D eigenvalue weighted by atomic mass is 9.98.